The van der Waals surface area contributed by atoms with E-state index in [0.717, 1.165) is 49.8 Å². The van der Waals surface area contributed by atoms with E-state index in [9.17, 15) is 0 Å². The highest BCUT2D eigenvalue weighted by molar-refractivity contribution is 5.92. The summed E-state index contributed by atoms with van der Waals surface area (Å²) < 4.78 is 5.05. The second kappa shape index (κ2) is 6.20. The van der Waals surface area contributed by atoms with E-state index >= 15 is 0 Å². The van der Waals surface area contributed by atoms with Crippen molar-refractivity contribution in [3.8, 4) is 0 Å². The van der Waals surface area contributed by atoms with Crippen molar-refractivity contribution in [1.82, 2.24) is 20.0 Å². The number of hydrogen-bond donors (Lipinski definition) is 0. The zero-order valence-electron chi connectivity index (χ0n) is 14.1. The lowest BCUT2D eigenvalue weighted by Gasteiger charge is -2.36. The van der Waals surface area contributed by atoms with Crippen LogP contribution in [0.3, 0.4) is 0 Å². The van der Waals surface area contributed by atoms with E-state index in [2.05, 4.69) is 56.1 Å². The lowest BCUT2D eigenvalue weighted by molar-refractivity contribution is 0.240. The summed E-state index contributed by atoms with van der Waals surface area (Å²) in [6.07, 6.45) is 0. The van der Waals surface area contributed by atoms with Crippen molar-refractivity contribution >= 4 is 16.6 Å². The van der Waals surface area contributed by atoms with Gasteiger partial charge in [-0.2, -0.15) is 4.98 Å². The summed E-state index contributed by atoms with van der Waals surface area (Å²) in [5, 5.41) is 5.22. The molecule has 0 spiro atoms. The van der Waals surface area contributed by atoms with Gasteiger partial charge in [0.05, 0.1) is 12.1 Å². The van der Waals surface area contributed by atoms with Crippen LogP contribution in [0.25, 0.3) is 10.9 Å². The minimum Gasteiger partial charge on any atom is -0.368 e. The maximum Gasteiger partial charge on any atom is 0.223 e. The summed E-state index contributed by atoms with van der Waals surface area (Å²) in [6.45, 7) is 8.60. The SMILES string of the molecule is Cc1cc(N2CCN(Cc3noc(C)n3)CC2)c2ccccc2n1. The molecule has 4 rings (SSSR count). The number of piperazine rings is 1. The average Bonchev–Trinajstić information content (AvgIpc) is 3.00. The van der Waals surface area contributed by atoms with Gasteiger partial charge in [0, 0.05) is 49.9 Å². The lowest BCUT2D eigenvalue weighted by Crippen LogP contribution is -2.46. The number of aromatic nitrogens is 3. The van der Waals surface area contributed by atoms with Gasteiger partial charge < -0.3 is 9.42 Å². The van der Waals surface area contributed by atoms with E-state index < -0.39 is 0 Å². The predicted octanol–water partition coefficient (Wildman–Crippen LogP) is 2.56. The Bertz CT molecular complexity index is 851. The Morgan fingerprint density at radius 1 is 1.04 bits per heavy atom. The molecule has 0 unspecified atom stereocenters. The molecule has 124 valence electrons. The predicted molar refractivity (Wildman–Crippen MR) is 93.0 cm³/mol. The number of rotatable bonds is 3. The molecular formula is C18H21N5O. The van der Waals surface area contributed by atoms with E-state index in [1.54, 1.807) is 0 Å². The summed E-state index contributed by atoms with van der Waals surface area (Å²) in [5.74, 6) is 1.40. The fourth-order valence-corrected chi connectivity index (χ4v) is 3.30. The van der Waals surface area contributed by atoms with Crippen LogP contribution in [0.15, 0.2) is 34.9 Å². The van der Waals surface area contributed by atoms with Crippen LogP contribution < -0.4 is 4.90 Å². The van der Waals surface area contributed by atoms with Gasteiger partial charge in [-0.05, 0) is 19.1 Å². The number of benzene rings is 1. The maximum absolute atomic E-state index is 5.05. The van der Waals surface area contributed by atoms with E-state index in [-0.39, 0.29) is 0 Å². The lowest BCUT2D eigenvalue weighted by atomic mass is 10.1. The van der Waals surface area contributed by atoms with Gasteiger partial charge in [-0.1, -0.05) is 23.4 Å². The van der Waals surface area contributed by atoms with Crippen molar-refractivity contribution in [2.45, 2.75) is 20.4 Å². The molecule has 6 nitrogen and oxygen atoms in total. The monoisotopic (exact) mass is 323 g/mol. The third kappa shape index (κ3) is 2.97. The highest BCUT2D eigenvalue weighted by Gasteiger charge is 2.20. The summed E-state index contributed by atoms with van der Waals surface area (Å²) >= 11 is 0. The van der Waals surface area contributed by atoms with Crippen LogP contribution >= 0.6 is 0 Å². The van der Waals surface area contributed by atoms with E-state index in [0.29, 0.717) is 5.89 Å². The first-order chi connectivity index (χ1) is 11.7. The van der Waals surface area contributed by atoms with Crippen LogP contribution in [0.1, 0.15) is 17.4 Å². The Labute approximate surface area is 141 Å². The molecule has 3 heterocycles. The highest BCUT2D eigenvalue weighted by Crippen LogP contribution is 2.27. The smallest absolute Gasteiger partial charge is 0.223 e. The van der Waals surface area contributed by atoms with Gasteiger partial charge in [-0.15, -0.1) is 0 Å². The zero-order valence-corrected chi connectivity index (χ0v) is 14.1. The maximum atomic E-state index is 5.05. The minimum absolute atomic E-state index is 0.627. The van der Waals surface area contributed by atoms with Crippen LogP contribution in [0.4, 0.5) is 5.69 Å². The summed E-state index contributed by atoms with van der Waals surface area (Å²) in [6, 6.07) is 10.6. The second-order valence-electron chi connectivity index (χ2n) is 6.29. The highest BCUT2D eigenvalue weighted by atomic mass is 16.5. The molecule has 1 fully saturated rings. The largest absolute Gasteiger partial charge is 0.368 e. The number of nitrogens with zero attached hydrogens (tertiary/aromatic N) is 5. The summed E-state index contributed by atoms with van der Waals surface area (Å²) in [7, 11) is 0. The summed E-state index contributed by atoms with van der Waals surface area (Å²) in [5.41, 5.74) is 3.42. The number of aryl methyl sites for hydroxylation is 2. The van der Waals surface area contributed by atoms with Gasteiger partial charge in [0.25, 0.3) is 0 Å². The molecule has 1 saturated heterocycles. The van der Waals surface area contributed by atoms with E-state index in [4.69, 9.17) is 4.52 Å². The average molecular weight is 323 g/mol. The molecule has 1 aliphatic heterocycles. The number of fused-ring (bicyclic) bond motifs is 1. The molecule has 6 heteroatoms. The molecular weight excluding hydrogens is 302 g/mol. The van der Waals surface area contributed by atoms with Crippen LogP contribution in [-0.2, 0) is 6.54 Å². The first-order valence-electron chi connectivity index (χ1n) is 8.32. The Hall–Kier alpha value is -2.47. The van der Waals surface area contributed by atoms with Crippen molar-refractivity contribution in [2.24, 2.45) is 0 Å². The molecule has 0 amide bonds. The summed E-state index contributed by atoms with van der Waals surface area (Å²) in [4.78, 5) is 13.8. The molecule has 0 radical (unpaired) electrons. The van der Waals surface area contributed by atoms with Crippen molar-refractivity contribution in [1.29, 1.82) is 0 Å². The molecule has 24 heavy (non-hydrogen) atoms. The second-order valence-corrected chi connectivity index (χ2v) is 6.29. The van der Waals surface area contributed by atoms with E-state index in [1.807, 2.05) is 13.0 Å². The molecule has 2 aromatic heterocycles. The van der Waals surface area contributed by atoms with Crippen LogP contribution in [0.5, 0.6) is 0 Å². The van der Waals surface area contributed by atoms with E-state index in [1.165, 1.54) is 11.1 Å². The van der Waals surface area contributed by atoms with Crippen LogP contribution in [0.2, 0.25) is 0 Å². The van der Waals surface area contributed by atoms with Gasteiger partial charge in [-0.25, -0.2) is 0 Å². The molecule has 0 saturated carbocycles. The topological polar surface area (TPSA) is 58.3 Å². The number of pyridine rings is 1. The Balaban J connectivity index is 1.50. The van der Waals surface area contributed by atoms with Crippen molar-refractivity contribution in [3.63, 3.8) is 0 Å². The normalized spacial score (nSPS) is 16.0. The standard InChI is InChI=1S/C18H21N5O/c1-13-11-17(15-5-3-4-6-16(15)19-13)23-9-7-22(8-10-23)12-18-20-14(2)24-21-18/h3-6,11H,7-10,12H2,1-2H3. The third-order valence-electron chi connectivity index (χ3n) is 4.47. The zero-order chi connectivity index (χ0) is 16.5. The molecule has 0 N–H and O–H groups in total. The molecule has 0 bridgehead atoms. The number of para-hydroxylation sites is 1. The quantitative estimate of drug-likeness (QED) is 0.738. The Morgan fingerprint density at radius 3 is 2.58 bits per heavy atom. The van der Waals surface area contributed by atoms with Crippen molar-refractivity contribution in [2.75, 3.05) is 31.1 Å². The van der Waals surface area contributed by atoms with Crippen molar-refractivity contribution in [3.05, 3.63) is 47.7 Å². The van der Waals surface area contributed by atoms with Gasteiger partial charge >= 0.3 is 0 Å². The molecule has 0 atom stereocenters. The Kier molecular flexibility index (Phi) is 3.90. The van der Waals surface area contributed by atoms with Crippen LogP contribution in [-0.4, -0.2) is 46.2 Å². The van der Waals surface area contributed by atoms with Gasteiger partial charge in [-0.3, -0.25) is 9.88 Å². The molecule has 0 aliphatic carbocycles. The number of anilines is 1. The van der Waals surface area contributed by atoms with Crippen LogP contribution in [0, 0.1) is 13.8 Å². The first-order valence-corrected chi connectivity index (χ1v) is 8.32. The fourth-order valence-electron chi connectivity index (χ4n) is 3.30. The van der Waals surface area contributed by atoms with Gasteiger partial charge in [0.15, 0.2) is 5.82 Å². The fraction of sp³-hybridized carbons (Fsp3) is 0.389. The van der Waals surface area contributed by atoms with Crippen molar-refractivity contribution < 1.29 is 4.52 Å². The molecule has 1 aliphatic rings. The van der Waals surface area contributed by atoms with Gasteiger partial charge in [0.2, 0.25) is 5.89 Å². The minimum atomic E-state index is 0.627. The molecule has 1 aromatic carbocycles. The van der Waals surface area contributed by atoms with Gasteiger partial charge in [0.1, 0.15) is 0 Å². The Morgan fingerprint density at radius 2 is 1.83 bits per heavy atom. The molecule has 3 aromatic rings. The first kappa shape index (κ1) is 15.1. The number of hydrogen-bond acceptors (Lipinski definition) is 6. The third-order valence-corrected chi connectivity index (χ3v) is 4.47.